The van der Waals surface area contributed by atoms with E-state index in [2.05, 4.69) is 14.7 Å². The van der Waals surface area contributed by atoms with Gasteiger partial charge >= 0.3 is 0 Å². The van der Waals surface area contributed by atoms with Gasteiger partial charge in [0.1, 0.15) is 17.0 Å². The average molecular weight is 371 g/mol. The zero-order valence-electron chi connectivity index (χ0n) is 14.7. The molecule has 26 heavy (non-hydrogen) atoms. The fraction of sp³-hybridized carbons (Fsp3) is 0.263. The van der Waals surface area contributed by atoms with E-state index in [1.807, 2.05) is 43.3 Å². The quantitative estimate of drug-likeness (QED) is 0.583. The van der Waals surface area contributed by atoms with Crippen LogP contribution in [0.15, 0.2) is 53.7 Å². The Morgan fingerprint density at radius 2 is 1.88 bits per heavy atom. The number of ether oxygens (including phenoxy) is 2. The number of aliphatic hydroxyl groups excluding tert-OH is 1. The van der Waals surface area contributed by atoms with Crippen LogP contribution in [0.1, 0.15) is 13.8 Å². The van der Waals surface area contributed by atoms with Gasteiger partial charge in [0, 0.05) is 23.8 Å². The van der Waals surface area contributed by atoms with Crippen molar-refractivity contribution in [2.75, 3.05) is 13.2 Å². The molecule has 0 amide bonds. The highest BCUT2D eigenvalue weighted by molar-refractivity contribution is 7.97. The van der Waals surface area contributed by atoms with Gasteiger partial charge in [0.15, 0.2) is 0 Å². The summed E-state index contributed by atoms with van der Waals surface area (Å²) in [6.07, 6.45) is 3.00. The zero-order chi connectivity index (χ0) is 18.4. The van der Waals surface area contributed by atoms with Gasteiger partial charge in [-0.1, -0.05) is 0 Å². The first kappa shape index (κ1) is 18.4. The van der Waals surface area contributed by atoms with E-state index in [0.29, 0.717) is 30.3 Å². The summed E-state index contributed by atoms with van der Waals surface area (Å²) < 4.78 is 14.7. The second kappa shape index (κ2) is 8.84. The van der Waals surface area contributed by atoms with E-state index in [9.17, 15) is 5.11 Å². The number of hydrogen-bond acceptors (Lipinski definition) is 7. The molecule has 0 aliphatic carbocycles. The van der Waals surface area contributed by atoms with Crippen molar-refractivity contribution in [2.24, 2.45) is 0 Å². The Labute approximate surface area is 156 Å². The van der Waals surface area contributed by atoms with Gasteiger partial charge in [-0.2, -0.15) is 0 Å². The number of hydrogen-bond donors (Lipinski definition) is 2. The van der Waals surface area contributed by atoms with Crippen LogP contribution in [-0.4, -0.2) is 34.3 Å². The lowest BCUT2D eigenvalue weighted by molar-refractivity contribution is 0.200. The summed E-state index contributed by atoms with van der Waals surface area (Å²) in [7, 11) is 0. The lowest BCUT2D eigenvalue weighted by Gasteiger charge is -2.11. The monoisotopic (exact) mass is 371 g/mol. The van der Waals surface area contributed by atoms with Crippen molar-refractivity contribution in [3.05, 3.63) is 48.8 Å². The van der Waals surface area contributed by atoms with Gasteiger partial charge in [0.2, 0.25) is 5.88 Å². The number of aromatic nitrogens is 2. The van der Waals surface area contributed by atoms with E-state index >= 15 is 0 Å². The molecule has 0 spiro atoms. The van der Waals surface area contributed by atoms with E-state index in [1.54, 1.807) is 19.3 Å². The van der Waals surface area contributed by atoms with Crippen LogP contribution in [0.2, 0.25) is 0 Å². The molecule has 0 aliphatic rings. The Hall–Kier alpha value is -2.35. The van der Waals surface area contributed by atoms with Crippen molar-refractivity contribution in [1.29, 1.82) is 0 Å². The third-order valence-electron chi connectivity index (χ3n) is 3.49. The van der Waals surface area contributed by atoms with Crippen LogP contribution in [0.4, 0.5) is 0 Å². The van der Waals surface area contributed by atoms with Crippen LogP contribution in [0.3, 0.4) is 0 Å². The number of nitrogens with zero attached hydrogens (tertiary/aromatic N) is 2. The predicted octanol–water partition coefficient (Wildman–Crippen LogP) is 3.80. The highest BCUT2D eigenvalue weighted by Gasteiger charge is 2.10. The van der Waals surface area contributed by atoms with Crippen LogP contribution in [0, 0.1) is 0 Å². The first-order chi connectivity index (χ1) is 12.7. The molecule has 0 radical (unpaired) electrons. The van der Waals surface area contributed by atoms with Crippen molar-refractivity contribution in [3.8, 4) is 17.4 Å². The summed E-state index contributed by atoms with van der Waals surface area (Å²) in [6.45, 7) is 4.72. The van der Waals surface area contributed by atoms with Crippen molar-refractivity contribution in [1.82, 2.24) is 14.7 Å². The van der Waals surface area contributed by atoms with Crippen molar-refractivity contribution in [2.45, 2.75) is 24.8 Å². The summed E-state index contributed by atoms with van der Waals surface area (Å²) in [6, 6.07) is 11.4. The minimum Gasteiger partial charge on any atom is -0.476 e. The molecule has 6 nitrogen and oxygen atoms in total. The number of aliphatic hydroxyl groups is 1. The molecule has 136 valence electrons. The third-order valence-corrected chi connectivity index (χ3v) is 4.31. The number of benzene rings is 1. The molecule has 0 saturated carbocycles. The number of nitrogens with one attached hydrogen (secondary N) is 1. The van der Waals surface area contributed by atoms with E-state index in [1.165, 1.54) is 11.9 Å². The first-order valence-corrected chi connectivity index (χ1v) is 9.21. The molecule has 0 fully saturated rings. The summed E-state index contributed by atoms with van der Waals surface area (Å²) >= 11 is 1.47. The van der Waals surface area contributed by atoms with E-state index in [0.717, 1.165) is 16.0 Å². The minimum atomic E-state index is -0.374. The molecule has 1 unspecified atom stereocenters. The van der Waals surface area contributed by atoms with Crippen molar-refractivity contribution in [3.63, 3.8) is 0 Å². The van der Waals surface area contributed by atoms with Crippen LogP contribution in [-0.2, 0) is 0 Å². The predicted molar refractivity (Wildman–Crippen MR) is 103 cm³/mol. The zero-order valence-corrected chi connectivity index (χ0v) is 15.5. The Kier molecular flexibility index (Phi) is 6.27. The van der Waals surface area contributed by atoms with Crippen LogP contribution in [0.5, 0.6) is 17.4 Å². The molecule has 3 rings (SSSR count). The second-order valence-corrected chi connectivity index (χ2v) is 6.59. The summed E-state index contributed by atoms with van der Waals surface area (Å²) in [5, 5.41) is 10.1. The average Bonchev–Trinajstić information content (AvgIpc) is 2.64. The molecule has 1 atom stereocenters. The van der Waals surface area contributed by atoms with Gasteiger partial charge in [0.25, 0.3) is 0 Å². The van der Waals surface area contributed by atoms with Crippen molar-refractivity contribution < 1.29 is 14.6 Å². The molecule has 2 N–H and O–H groups in total. The maximum absolute atomic E-state index is 9.26. The maximum atomic E-state index is 9.26. The van der Waals surface area contributed by atoms with Crippen molar-refractivity contribution >= 4 is 22.9 Å². The van der Waals surface area contributed by atoms with Gasteiger partial charge < -0.3 is 14.6 Å². The van der Waals surface area contributed by atoms with Gasteiger partial charge in [0.05, 0.1) is 18.1 Å². The Morgan fingerprint density at radius 1 is 1.12 bits per heavy atom. The highest BCUT2D eigenvalue weighted by Crippen LogP contribution is 2.32. The fourth-order valence-electron chi connectivity index (χ4n) is 2.31. The lowest BCUT2D eigenvalue weighted by Crippen LogP contribution is -2.18. The molecular formula is C19H21N3O3S. The first-order valence-electron chi connectivity index (χ1n) is 8.39. The summed E-state index contributed by atoms with van der Waals surface area (Å²) in [5.74, 6) is 1.93. The van der Waals surface area contributed by atoms with Crippen LogP contribution < -0.4 is 14.2 Å². The smallest absolute Gasteiger partial charge is 0.240 e. The third kappa shape index (κ3) is 4.63. The number of pyridine rings is 2. The molecule has 2 heterocycles. The topological polar surface area (TPSA) is 76.5 Å². The van der Waals surface area contributed by atoms with Crippen LogP contribution in [0.25, 0.3) is 10.9 Å². The van der Waals surface area contributed by atoms with Gasteiger partial charge in [-0.05, 0) is 62.2 Å². The second-order valence-electron chi connectivity index (χ2n) is 5.63. The summed E-state index contributed by atoms with van der Waals surface area (Å²) in [5.41, 5.74) is 0.682. The molecule has 2 aromatic heterocycles. The molecular weight excluding hydrogens is 350 g/mol. The van der Waals surface area contributed by atoms with Gasteiger partial charge in [-0.25, -0.2) is 4.98 Å². The highest BCUT2D eigenvalue weighted by atomic mass is 32.2. The van der Waals surface area contributed by atoms with Gasteiger partial charge in [-0.15, -0.1) is 0 Å². The maximum Gasteiger partial charge on any atom is 0.240 e. The minimum absolute atomic E-state index is 0.374. The normalized spacial score (nSPS) is 12.1. The Balaban J connectivity index is 1.75. The van der Waals surface area contributed by atoms with E-state index in [-0.39, 0.29) is 6.10 Å². The van der Waals surface area contributed by atoms with Crippen LogP contribution >= 0.6 is 11.9 Å². The Morgan fingerprint density at radius 3 is 2.62 bits per heavy atom. The molecule has 3 aromatic rings. The number of rotatable bonds is 8. The molecule has 0 bridgehead atoms. The molecule has 7 heteroatoms. The standard InChI is InChI=1S/C19H21N3O3S/c1-3-24-19-18-16(8-10-21-19)17(9-11-20-18)25-14-4-6-15(7-5-14)26-22-12-13(2)23/h4-11,13,22-23H,3,12H2,1-2H3. The fourth-order valence-corrected chi connectivity index (χ4v) is 3.07. The van der Waals surface area contributed by atoms with E-state index < -0.39 is 0 Å². The SMILES string of the molecule is CCOc1nccc2c(Oc3ccc(SNCC(C)O)cc3)ccnc12. The van der Waals surface area contributed by atoms with Gasteiger partial charge in [-0.3, -0.25) is 9.71 Å². The largest absolute Gasteiger partial charge is 0.476 e. The summed E-state index contributed by atoms with van der Waals surface area (Å²) in [4.78, 5) is 9.64. The molecule has 0 aliphatic heterocycles. The van der Waals surface area contributed by atoms with E-state index in [4.69, 9.17) is 9.47 Å². The molecule has 1 aromatic carbocycles. The molecule has 0 saturated heterocycles. The lowest BCUT2D eigenvalue weighted by atomic mass is 10.2. The Bertz CT molecular complexity index is 856. The number of fused-ring (bicyclic) bond motifs is 1.